The third kappa shape index (κ3) is 4.18. The first-order chi connectivity index (χ1) is 13.5. The Morgan fingerprint density at radius 3 is 2.54 bits per heavy atom. The van der Waals surface area contributed by atoms with Gasteiger partial charge in [-0.15, -0.1) is 0 Å². The zero-order valence-corrected chi connectivity index (χ0v) is 15.1. The number of hydrogen-bond donors (Lipinski definition) is 3. The highest BCUT2D eigenvalue weighted by molar-refractivity contribution is 6.17. The van der Waals surface area contributed by atoms with Crippen molar-refractivity contribution >= 4 is 23.4 Å². The molecule has 2 aromatic rings. The molecule has 0 unspecified atom stereocenters. The predicted molar refractivity (Wildman–Crippen MR) is 102 cm³/mol. The Kier molecular flexibility index (Phi) is 5.71. The van der Waals surface area contributed by atoms with E-state index < -0.39 is 11.8 Å². The highest BCUT2D eigenvalue weighted by Crippen LogP contribution is 2.25. The smallest absolute Gasteiger partial charge is 0.277 e. The molecule has 1 aliphatic heterocycles. The fourth-order valence-corrected chi connectivity index (χ4v) is 2.65. The Labute approximate surface area is 161 Å². The number of aliphatic hydroxyl groups excluding tert-OH is 1. The predicted octanol–water partition coefficient (Wildman–Crippen LogP) is 1.50. The van der Waals surface area contributed by atoms with E-state index >= 15 is 0 Å². The number of anilines is 1. The van der Waals surface area contributed by atoms with Gasteiger partial charge in [0, 0.05) is 24.4 Å². The fourth-order valence-electron chi connectivity index (χ4n) is 2.65. The number of nitrogens with zero attached hydrogens (tertiary/aromatic N) is 1. The van der Waals surface area contributed by atoms with Gasteiger partial charge in [-0.05, 0) is 42.5 Å². The van der Waals surface area contributed by atoms with E-state index in [1.54, 1.807) is 55.6 Å². The van der Waals surface area contributed by atoms with Gasteiger partial charge in [0.15, 0.2) is 0 Å². The second-order valence-electron chi connectivity index (χ2n) is 5.94. The second kappa shape index (κ2) is 8.36. The van der Waals surface area contributed by atoms with Gasteiger partial charge < -0.3 is 20.5 Å². The van der Waals surface area contributed by atoms with Crippen molar-refractivity contribution in [1.82, 2.24) is 10.2 Å². The molecule has 3 rings (SSSR count). The van der Waals surface area contributed by atoms with E-state index in [-0.39, 0.29) is 24.8 Å². The van der Waals surface area contributed by atoms with Crippen molar-refractivity contribution < 1.29 is 24.2 Å². The maximum atomic E-state index is 12.1. The summed E-state index contributed by atoms with van der Waals surface area (Å²) in [4.78, 5) is 36.6. The minimum Gasteiger partial charge on any atom is -0.457 e. The van der Waals surface area contributed by atoms with Gasteiger partial charge in [-0.1, -0.05) is 6.07 Å². The van der Waals surface area contributed by atoms with Crippen LogP contribution < -0.4 is 15.4 Å². The van der Waals surface area contributed by atoms with Crippen LogP contribution in [-0.4, -0.2) is 47.9 Å². The molecule has 0 spiro atoms. The summed E-state index contributed by atoms with van der Waals surface area (Å²) in [5.41, 5.74) is 1.23. The zero-order valence-electron chi connectivity index (χ0n) is 15.1. The molecule has 0 bridgehead atoms. The van der Waals surface area contributed by atoms with Crippen LogP contribution >= 0.6 is 0 Å². The third-order valence-electron chi connectivity index (χ3n) is 4.03. The number of nitrogens with one attached hydrogen (secondary N) is 2. The lowest BCUT2D eigenvalue weighted by molar-refractivity contribution is -0.137. The normalized spacial score (nSPS) is 13.4. The zero-order chi connectivity index (χ0) is 20.1. The molecule has 0 atom stereocenters. The highest BCUT2D eigenvalue weighted by atomic mass is 16.5. The van der Waals surface area contributed by atoms with E-state index in [0.29, 0.717) is 22.7 Å². The molecule has 1 heterocycles. The van der Waals surface area contributed by atoms with Gasteiger partial charge in [0.05, 0.1) is 13.2 Å². The van der Waals surface area contributed by atoms with Gasteiger partial charge in [-0.2, -0.15) is 0 Å². The minimum atomic E-state index is -0.481. The summed E-state index contributed by atoms with van der Waals surface area (Å²) in [6, 6.07) is 13.6. The highest BCUT2D eigenvalue weighted by Gasteiger charge is 2.30. The summed E-state index contributed by atoms with van der Waals surface area (Å²) in [5.74, 6) is -0.0859. The lowest BCUT2D eigenvalue weighted by Crippen LogP contribution is -2.34. The third-order valence-corrected chi connectivity index (χ3v) is 4.03. The van der Waals surface area contributed by atoms with Crippen molar-refractivity contribution in [2.24, 2.45) is 0 Å². The molecule has 144 valence electrons. The van der Waals surface area contributed by atoms with Gasteiger partial charge >= 0.3 is 0 Å². The number of ether oxygens (including phenoxy) is 1. The number of β-amino-alcohol motifs (C(OH)–C–C–N with tert-alkyl or cyclic N) is 1. The number of rotatable bonds is 7. The quantitative estimate of drug-likeness (QED) is 0.628. The van der Waals surface area contributed by atoms with Crippen LogP contribution in [0.2, 0.25) is 0 Å². The Morgan fingerprint density at radius 1 is 1.11 bits per heavy atom. The molecule has 0 saturated heterocycles. The molecule has 0 saturated carbocycles. The van der Waals surface area contributed by atoms with Crippen molar-refractivity contribution in [3.8, 4) is 11.5 Å². The average Bonchev–Trinajstić information content (AvgIpc) is 2.97. The Hall–Kier alpha value is -3.65. The van der Waals surface area contributed by atoms with Crippen LogP contribution in [0.1, 0.15) is 10.4 Å². The first-order valence-corrected chi connectivity index (χ1v) is 8.57. The number of carbonyl (C=O) groups excluding carboxylic acids is 3. The van der Waals surface area contributed by atoms with Crippen LogP contribution in [0.4, 0.5) is 5.69 Å². The molecular weight excluding hydrogens is 362 g/mol. The average molecular weight is 381 g/mol. The number of amides is 3. The molecule has 8 heteroatoms. The maximum Gasteiger partial charge on any atom is 0.277 e. The van der Waals surface area contributed by atoms with Crippen molar-refractivity contribution in [3.05, 3.63) is 65.9 Å². The number of hydrogen-bond acceptors (Lipinski definition) is 6. The summed E-state index contributed by atoms with van der Waals surface area (Å²) in [6.45, 7) is -0.326. The molecule has 0 aliphatic carbocycles. The summed E-state index contributed by atoms with van der Waals surface area (Å²) in [7, 11) is 1.56. The van der Waals surface area contributed by atoms with E-state index in [9.17, 15) is 14.4 Å². The van der Waals surface area contributed by atoms with Crippen molar-refractivity contribution in [2.75, 3.05) is 25.5 Å². The molecule has 0 radical (unpaired) electrons. The monoisotopic (exact) mass is 381 g/mol. The molecule has 3 N–H and O–H groups in total. The van der Waals surface area contributed by atoms with Crippen LogP contribution in [0.15, 0.2) is 60.3 Å². The lowest BCUT2D eigenvalue weighted by Gasteiger charge is -2.13. The largest absolute Gasteiger partial charge is 0.457 e. The van der Waals surface area contributed by atoms with Crippen molar-refractivity contribution in [2.45, 2.75) is 0 Å². The van der Waals surface area contributed by atoms with E-state index in [1.165, 1.54) is 6.08 Å². The molecule has 0 fully saturated rings. The SMILES string of the molecule is CNC(=O)c1cccc(Oc2ccc(NC3=CC(=O)N(CCO)C3=O)cc2)c1. The number of carbonyl (C=O) groups is 3. The Bertz CT molecular complexity index is 937. The van der Waals surface area contributed by atoms with Crippen LogP contribution in [-0.2, 0) is 9.59 Å². The number of imide groups is 1. The number of benzene rings is 2. The Balaban J connectivity index is 1.66. The van der Waals surface area contributed by atoms with Gasteiger partial charge in [-0.3, -0.25) is 19.3 Å². The van der Waals surface area contributed by atoms with Gasteiger partial charge in [0.2, 0.25) is 0 Å². The van der Waals surface area contributed by atoms with Gasteiger partial charge in [0.1, 0.15) is 17.2 Å². The van der Waals surface area contributed by atoms with Gasteiger partial charge in [-0.25, -0.2) is 0 Å². The molecule has 28 heavy (non-hydrogen) atoms. The maximum absolute atomic E-state index is 12.1. The standard InChI is InChI=1S/C20H19N3O5/c1-21-19(26)13-3-2-4-16(11-13)28-15-7-5-14(6-8-15)22-17-12-18(25)23(9-10-24)20(17)27/h2-8,11-12,22,24H,9-10H2,1H3,(H,21,26). The molecular formula is C20H19N3O5. The van der Waals surface area contributed by atoms with Crippen molar-refractivity contribution in [1.29, 1.82) is 0 Å². The van der Waals surface area contributed by atoms with Crippen LogP contribution in [0.25, 0.3) is 0 Å². The van der Waals surface area contributed by atoms with Gasteiger partial charge in [0.25, 0.3) is 17.7 Å². The summed E-state index contributed by atoms with van der Waals surface area (Å²) >= 11 is 0. The van der Waals surface area contributed by atoms with E-state index in [1.807, 2.05) is 0 Å². The Morgan fingerprint density at radius 2 is 1.86 bits per heavy atom. The second-order valence-corrected chi connectivity index (χ2v) is 5.94. The summed E-state index contributed by atoms with van der Waals surface area (Å²) in [5, 5.41) is 14.4. The lowest BCUT2D eigenvalue weighted by atomic mass is 10.2. The molecule has 0 aromatic heterocycles. The first-order valence-electron chi connectivity index (χ1n) is 8.57. The summed E-state index contributed by atoms with van der Waals surface area (Å²) in [6.07, 6.45) is 1.20. The molecule has 1 aliphatic rings. The van der Waals surface area contributed by atoms with E-state index in [2.05, 4.69) is 10.6 Å². The molecule has 8 nitrogen and oxygen atoms in total. The fraction of sp³-hybridized carbons (Fsp3) is 0.150. The summed E-state index contributed by atoms with van der Waals surface area (Å²) < 4.78 is 5.75. The van der Waals surface area contributed by atoms with Crippen molar-refractivity contribution in [3.63, 3.8) is 0 Å². The van der Waals surface area contributed by atoms with Crippen LogP contribution in [0.5, 0.6) is 11.5 Å². The molecule has 3 amide bonds. The van der Waals surface area contributed by atoms with E-state index in [4.69, 9.17) is 9.84 Å². The molecule has 2 aromatic carbocycles. The minimum absolute atomic E-state index is 0.0404. The van der Waals surface area contributed by atoms with E-state index in [0.717, 1.165) is 4.90 Å². The number of aliphatic hydroxyl groups is 1. The van der Waals surface area contributed by atoms with Crippen LogP contribution in [0, 0.1) is 0 Å². The first kappa shape index (κ1) is 19.1. The van der Waals surface area contributed by atoms with Crippen LogP contribution in [0.3, 0.4) is 0 Å². The topological polar surface area (TPSA) is 108 Å².